The lowest BCUT2D eigenvalue weighted by Crippen LogP contribution is -2.13. The molecule has 0 spiro atoms. The first kappa shape index (κ1) is 7.98. The van der Waals surface area contributed by atoms with Gasteiger partial charge in [0.1, 0.15) is 11.5 Å². The van der Waals surface area contributed by atoms with Crippen molar-refractivity contribution >= 4 is 11.4 Å². The SMILES string of the molecule is COC1=CCCCC(=N)C1=N. The number of allylic oxidation sites excluding steroid dienone is 2. The highest BCUT2D eigenvalue weighted by molar-refractivity contribution is 6.45. The average Bonchev–Trinajstić information content (AvgIpc) is 2.16. The maximum absolute atomic E-state index is 7.47. The van der Waals surface area contributed by atoms with Gasteiger partial charge in [0, 0.05) is 0 Å². The van der Waals surface area contributed by atoms with Crippen molar-refractivity contribution in [3.63, 3.8) is 0 Å². The number of rotatable bonds is 1. The smallest absolute Gasteiger partial charge is 0.141 e. The predicted molar refractivity (Wildman–Crippen MR) is 44.4 cm³/mol. The summed E-state index contributed by atoms with van der Waals surface area (Å²) >= 11 is 0. The summed E-state index contributed by atoms with van der Waals surface area (Å²) in [6.45, 7) is 0. The second-order valence-corrected chi connectivity index (χ2v) is 2.52. The third-order valence-electron chi connectivity index (χ3n) is 1.73. The molecule has 0 unspecified atom stereocenters. The lowest BCUT2D eigenvalue weighted by Gasteiger charge is -2.04. The topological polar surface area (TPSA) is 56.9 Å². The summed E-state index contributed by atoms with van der Waals surface area (Å²) in [6, 6.07) is 0. The molecule has 0 aromatic carbocycles. The summed E-state index contributed by atoms with van der Waals surface area (Å²) < 4.78 is 4.95. The normalized spacial score (nSPS) is 19.2. The molecule has 0 aromatic rings. The molecule has 1 rings (SSSR count). The second kappa shape index (κ2) is 3.32. The molecule has 0 saturated heterocycles. The van der Waals surface area contributed by atoms with Crippen LogP contribution in [0.25, 0.3) is 0 Å². The van der Waals surface area contributed by atoms with E-state index >= 15 is 0 Å². The molecule has 1 aliphatic rings. The third kappa shape index (κ3) is 1.67. The molecule has 0 amide bonds. The van der Waals surface area contributed by atoms with Crippen molar-refractivity contribution in [2.75, 3.05) is 7.11 Å². The zero-order valence-corrected chi connectivity index (χ0v) is 6.61. The Labute approximate surface area is 66.1 Å². The highest BCUT2D eigenvalue weighted by atomic mass is 16.5. The van der Waals surface area contributed by atoms with Crippen LogP contribution in [0.15, 0.2) is 11.8 Å². The van der Waals surface area contributed by atoms with Gasteiger partial charge in [-0.3, -0.25) is 5.41 Å². The van der Waals surface area contributed by atoms with Gasteiger partial charge >= 0.3 is 0 Å². The zero-order valence-electron chi connectivity index (χ0n) is 6.61. The number of hydrogen-bond acceptors (Lipinski definition) is 3. The van der Waals surface area contributed by atoms with Crippen molar-refractivity contribution in [2.45, 2.75) is 19.3 Å². The Bertz CT molecular complexity index is 218. The molecule has 11 heavy (non-hydrogen) atoms. The van der Waals surface area contributed by atoms with E-state index in [0.717, 1.165) is 12.8 Å². The summed E-state index contributed by atoms with van der Waals surface area (Å²) in [5, 5.41) is 14.9. The van der Waals surface area contributed by atoms with E-state index in [4.69, 9.17) is 15.6 Å². The Balaban J connectivity index is 2.81. The summed E-state index contributed by atoms with van der Waals surface area (Å²) in [5.74, 6) is 0.549. The minimum absolute atomic E-state index is 0.241. The van der Waals surface area contributed by atoms with Gasteiger partial charge in [-0.25, -0.2) is 0 Å². The Kier molecular flexibility index (Phi) is 2.41. The second-order valence-electron chi connectivity index (χ2n) is 2.52. The van der Waals surface area contributed by atoms with Crippen LogP contribution >= 0.6 is 0 Å². The van der Waals surface area contributed by atoms with Crippen LogP contribution in [0, 0.1) is 10.8 Å². The molecule has 0 aliphatic heterocycles. The molecule has 60 valence electrons. The Morgan fingerprint density at radius 1 is 1.45 bits per heavy atom. The fourth-order valence-corrected chi connectivity index (χ4v) is 1.07. The van der Waals surface area contributed by atoms with Gasteiger partial charge in [0.05, 0.1) is 12.8 Å². The van der Waals surface area contributed by atoms with Crippen LogP contribution in [-0.2, 0) is 4.74 Å². The highest BCUT2D eigenvalue weighted by Gasteiger charge is 2.13. The third-order valence-corrected chi connectivity index (χ3v) is 1.73. The highest BCUT2D eigenvalue weighted by Crippen LogP contribution is 2.11. The van der Waals surface area contributed by atoms with Crippen LogP contribution in [0.4, 0.5) is 0 Å². The molecule has 0 radical (unpaired) electrons. The average molecular weight is 152 g/mol. The molecule has 0 saturated carbocycles. The van der Waals surface area contributed by atoms with E-state index in [2.05, 4.69) is 0 Å². The van der Waals surface area contributed by atoms with Crippen molar-refractivity contribution in [1.82, 2.24) is 0 Å². The molecule has 1 aliphatic carbocycles. The molecular weight excluding hydrogens is 140 g/mol. The van der Waals surface area contributed by atoms with Crippen molar-refractivity contribution in [2.24, 2.45) is 0 Å². The van der Waals surface area contributed by atoms with Crippen LogP contribution in [-0.4, -0.2) is 18.5 Å². The maximum atomic E-state index is 7.47. The minimum atomic E-state index is 0.241. The first-order valence-corrected chi connectivity index (χ1v) is 3.66. The van der Waals surface area contributed by atoms with Crippen molar-refractivity contribution in [3.05, 3.63) is 11.8 Å². The monoisotopic (exact) mass is 152 g/mol. The van der Waals surface area contributed by atoms with Gasteiger partial charge in [-0.15, -0.1) is 0 Å². The van der Waals surface area contributed by atoms with E-state index in [1.165, 1.54) is 0 Å². The number of nitrogens with one attached hydrogen (secondary N) is 2. The predicted octanol–water partition coefficient (Wildman–Crippen LogP) is 1.74. The first-order chi connectivity index (χ1) is 5.25. The number of methoxy groups -OCH3 is 1. The zero-order chi connectivity index (χ0) is 8.27. The quantitative estimate of drug-likeness (QED) is 0.590. The van der Waals surface area contributed by atoms with Gasteiger partial charge in [-0.05, 0) is 25.3 Å². The number of ether oxygens (including phenoxy) is 1. The molecule has 0 fully saturated rings. The summed E-state index contributed by atoms with van der Waals surface area (Å²) in [6.07, 6.45) is 4.44. The van der Waals surface area contributed by atoms with Gasteiger partial charge in [0.2, 0.25) is 0 Å². The molecule has 3 heteroatoms. The van der Waals surface area contributed by atoms with E-state index in [1.54, 1.807) is 7.11 Å². The summed E-state index contributed by atoms with van der Waals surface area (Å²) in [5.41, 5.74) is 0.626. The van der Waals surface area contributed by atoms with Crippen LogP contribution in [0.3, 0.4) is 0 Å². The number of hydrogen-bond donors (Lipinski definition) is 2. The minimum Gasteiger partial charge on any atom is -0.495 e. The Morgan fingerprint density at radius 2 is 2.18 bits per heavy atom. The molecule has 0 atom stereocenters. The van der Waals surface area contributed by atoms with Crippen LogP contribution in [0.2, 0.25) is 0 Å². The van der Waals surface area contributed by atoms with Crippen LogP contribution in [0.1, 0.15) is 19.3 Å². The van der Waals surface area contributed by atoms with Crippen molar-refractivity contribution < 1.29 is 4.74 Å². The van der Waals surface area contributed by atoms with E-state index in [0.29, 0.717) is 17.9 Å². The molecule has 2 N–H and O–H groups in total. The van der Waals surface area contributed by atoms with Gasteiger partial charge in [-0.1, -0.05) is 0 Å². The first-order valence-electron chi connectivity index (χ1n) is 3.66. The molecule has 0 heterocycles. The van der Waals surface area contributed by atoms with Gasteiger partial charge in [-0.2, -0.15) is 0 Å². The maximum Gasteiger partial charge on any atom is 0.141 e. The Hall–Kier alpha value is -1.12. The van der Waals surface area contributed by atoms with Crippen LogP contribution < -0.4 is 0 Å². The van der Waals surface area contributed by atoms with Crippen molar-refractivity contribution in [1.29, 1.82) is 10.8 Å². The molecular formula is C8H12N2O. The Morgan fingerprint density at radius 3 is 2.82 bits per heavy atom. The standard InChI is InChI=1S/C8H12N2O/c1-11-7-5-3-2-4-6(9)8(7)10/h5,9-10H,2-4H2,1H3. The molecule has 3 nitrogen and oxygen atoms in total. The van der Waals surface area contributed by atoms with Gasteiger partial charge in [0.15, 0.2) is 0 Å². The van der Waals surface area contributed by atoms with E-state index in [1.807, 2.05) is 6.08 Å². The fourth-order valence-electron chi connectivity index (χ4n) is 1.07. The lowest BCUT2D eigenvalue weighted by atomic mass is 10.1. The fraction of sp³-hybridized carbons (Fsp3) is 0.500. The van der Waals surface area contributed by atoms with Crippen molar-refractivity contribution in [3.8, 4) is 0 Å². The van der Waals surface area contributed by atoms with Gasteiger partial charge in [0.25, 0.3) is 0 Å². The lowest BCUT2D eigenvalue weighted by molar-refractivity contribution is 0.314. The van der Waals surface area contributed by atoms with E-state index < -0.39 is 0 Å². The molecule has 0 aromatic heterocycles. The van der Waals surface area contributed by atoms with Gasteiger partial charge < -0.3 is 10.1 Å². The summed E-state index contributed by atoms with van der Waals surface area (Å²) in [4.78, 5) is 0. The molecule has 0 bridgehead atoms. The van der Waals surface area contributed by atoms with Crippen LogP contribution in [0.5, 0.6) is 0 Å². The summed E-state index contributed by atoms with van der Waals surface area (Å²) in [7, 11) is 1.54. The van der Waals surface area contributed by atoms with E-state index in [9.17, 15) is 0 Å². The largest absolute Gasteiger partial charge is 0.495 e. The van der Waals surface area contributed by atoms with E-state index in [-0.39, 0.29) is 5.71 Å².